The molecule has 5 aromatic rings. The van der Waals surface area contributed by atoms with E-state index in [0.717, 1.165) is 24.0 Å². The van der Waals surface area contributed by atoms with E-state index in [1.54, 1.807) is 58.2 Å². The number of hydrogen-bond acceptors (Lipinski definition) is 6. The number of hydrogen-bond donors (Lipinski definition) is 1. The minimum absolute atomic E-state index is 0.0654. The Kier molecular flexibility index (Phi) is 7.80. The van der Waals surface area contributed by atoms with Gasteiger partial charge in [-0.25, -0.2) is 9.78 Å². The number of nitrogens with zero attached hydrogens (tertiary/aromatic N) is 4. The van der Waals surface area contributed by atoms with Crippen molar-refractivity contribution in [1.82, 2.24) is 24.3 Å². The molecule has 0 atom stereocenters. The van der Waals surface area contributed by atoms with Gasteiger partial charge in [0.2, 0.25) is 0 Å². The highest BCUT2D eigenvalue weighted by Crippen LogP contribution is 2.29. The minimum atomic E-state index is -0.449. The lowest BCUT2D eigenvalue weighted by Gasteiger charge is -2.28. The molecule has 1 fully saturated rings. The van der Waals surface area contributed by atoms with Gasteiger partial charge in [-0.1, -0.05) is 35.9 Å². The number of oxazole rings is 1. The fourth-order valence-electron chi connectivity index (χ4n) is 5.50. The number of benzene rings is 3. The maximum atomic E-state index is 14.1. The summed E-state index contributed by atoms with van der Waals surface area (Å²) in [5, 5.41) is 3.42. The number of halogens is 2. The summed E-state index contributed by atoms with van der Waals surface area (Å²) in [6.07, 6.45) is 5.18. The molecule has 2 amide bonds. The predicted molar refractivity (Wildman–Crippen MR) is 171 cm³/mol. The molecule has 10 nitrogen and oxygen atoms in total. The van der Waals surface area contributed by atoms with E-state index < -0.39 is 5.91 Å². The van der Waals surface area contributed by atoms with Crippen LogP contribution in [0.1, 0.15) is 44.9 Å². The summed E-state index contributed by atoms with van der Waals surface area (Å²) in [7, 11) is 0. The van der Waals surface area contributed by atoms with E-state index in [9.17, 15) is 14.4 Å². The number of amides is 2. The molecular weight excluding hydrogens is 662 g/mol. The first kappa shape index (κ1) is 29.1. The van der Waals surface area contributed by atoms with Crippen LogP contribution in [0.15, 0.2) is 93.1 Å². The van der Waals surface area contributed by atoms with Crippen molar-refractivity contribution in [1.29, 1.82) is 0 Å². The molecule has 0 saturated heterocycles. The average Bonchev–Trinajstić information content (AvgIpc) is 3.60. The van der Waals surface area contributed by atoms with Crippen LogP contribution in [0.2, 0.25) is 5.02 Å². The van der Waals surface area contributed by atoms with Crippen LogP contribution in [0.4, 0.5) is 0 Å². The Bertz CT molecular complexity index is 1960. The van der Waals surface area contributed by atoms with Gasteiger partial charge in [0, 0.05) is 35.2 Å². The summed E-state index contributed by atoms with van der Waals surface area (Å²) in [6.45, 7) is 0.768. The van der Waals surface area contributed by atoms with Crippen LogP contribution in [0.25, 0.3) is 16.9 Å². The zero-order valence-corrected chi connectivity index (χ0v) is 26.3. The highest BCUT2D eigenvalue weighted by molar-refractivity contribution is 9.10. The molecule has 1 aliphatic heterocycles. The third kappa shape index (κ3) is 5.81. The Morgan fingerprint density at radius 3 is 2.60 bits per heavy atom. The normalized spacial score (nSPS) is 14.2. The van der Waals surface area contributed by atoms with Gasteiger partial charge in [-0.15, -0.1) is 0 Å². The van der Waals surface area contributed by atoms with E-state index in [1.807, 2.05) is 24.3 Å². The highest BCUT2D eigenvalue weighted by atomic mass is 79.9. The molecule has 228 valence electrons. The molecule has 2 aromatic heterocycles. The number of aromatic nitrogens is 3. The molecule has 1 N–H and O–H groups in total. The molecule has 45 heavy (non-hydrogen) atoms. The first-order valence-electron chi connectivity index (χ1n) is 14.5. The topological polar surface area (TPSA) is 112 Å². The number of fused-ring (bicyclic) bond motifs is 1. The second-order valence-electron chi connectivity index (χ2n) is 10.9. The summed E-state index contributed by atoms with van der Waals surface area (Å²) in [4.78, 5) is 47.4. The fourth-order valence-corrected chi connectivity index (χ4v) is 5.93. The van der Waals surface area contributed by atoms with Crippen LogP contribution in [-0.2, 0) is 19.6 Å². The molecule has 3 aromatic carbocycles. The lowest BCUT2D eigenvalue weighted by molar-refractivity contribution is 0.0706. The van der Waals surface area contributed by atoms with Crippen molar-refractivity contribution in [2.24, 2.45) is 0 Å². The monoisotopic (exact) mass is 687 g/mol. The van der Waals surface area contributed by atoms with Gasteiger partial charge in [0.25, 0.3) is 11.8 Å². The smallest absolute Gasteiger partial charge is 0.333 e. The third-order valence-electron chi connectivity index (χ3n) is 7.94. The van der Waals surface area contributed by atoms with E-state index in [4.69, 9.17) is 20.8 Å². The van der Waals surface area contributed by atoms with Crippen LogP contribution in [0, 0.1) is 0 Å². The van der Waals surface area contributed by atoms with E-state index >= 15 is 0 Å². The van der Waals surface area contributed by atoms with Crippen LogP contribution in [0.3, 0.4) is 0 Å². The highest BCUT2D eigenvalue weighted by Gasteiger charge is 2.32. The zero-order valence-electron chi connectivity index (χ0n) is 23.9. The van der Waals surface area contributed by atoms with Crippen LogP contribution in [0.5, 0.6) is 5.75 Å². The van der Waals surface area contributed by atoms with Crippen LogP contribution >= 0.6 is 27.5 Å². The maximum absolute atomic E-state index is 14.1. The summed E-state index contributed by atoms with van der Waals surface area (Å²) in [5.74, 6) is 0.0130. The van der Waals surface area contributed by atoms with Gasteiger partial charge in [-0.2, -0.15) is 0 Å². The number of imidazole rings is 1. The molecule has 2 aliphatic rings. The molecule has 0 unspecified atom stereocenters. The van der Waals surface area contributed by atoms with E-state index in [1.165, 1.54) is 11.0 Å². The molecule has 12 heteroatoms. The first-order chi connectivity index (χ1) is 21.9. The molecule has 7 rings (SSSR count). The van der Waals surface area contributed by atoms with E-state index in [2.05, 4.69) is 26.2 Å². The van der Waals surface area contributed by atoms with Crippen LogP contribution in [-0.4, -0.2) is 43.5 Å². The lowest BCUT2D eigenvalue weighted by Crippen LogP contribution is -2.41. The quantitative estimate of drug-likeness (QED) is 0.220. The number of carbonyl (C=O) groups is 2. The molecule has 0 radical (unpaired) electrons. The van der Waals surface area contributed by atoms with Gasteiger partial charge >= 0.3 is 5.69 Å². The molecule has 1 aliphatic carbocycles. The SMILES string of the molecule is O=C(NCc1ccccc1-c1cocn1)c1c2n(c(=O)n1-c1ccc(OC3CC3)cc1)CCN(C(=O)c1ccc(Br)c(Cl)c1)C2. The summed E-state index contributed by atoms with van der Waals surface area (Å²) in [5.41, 5.74) is 3.49. The van der Waals surface area contributed by atoms with Gasteiger partial charge in [0.1, 0.15) is 23.4 Å². The van der Waals surface area contributed by atoms with Gasteiger partial charge in [-0.05, 0) is 76.8 Å². The molecule has 1 saturated carbocycles. The summed E-state index contributed by atoms with van der Waals surface area (Å²) >= 11 is 9.63. The van der Waals surface area contributed by atoms with Crippen molar-refractivity contribution < 1.29 is 18.7 Å². The largest absolute Gasteiger partial charge is 0.490 e. The average molecular weight is 689 g/mol. The van der Waals surface area contributed by atoms with Gasteiger partial charge < -0.3 is 19.4 Å². The zero-order chi connectivity index (χ0) is 31.1. The minimum Gasteiger partial charge on any atom is -0.490 e. The molecular formula is C33H27BrClN5O5. The van der Waals surface area contributed by atoms with Crippen molar-refractivity contribution in [2.45, 2.75) is 38.6 Å². The first-order valence-corrected chi connectivity index (χ1v) is 15.6. The Labute approximate surface area is 271 Å². The Hall–Kier alpha value is -4.61. The van der Waals surface area contributed by atoms with Gasteiger partial charge in [-0.3, -0.25) is 18.7 Å². The number of carbonyl (C=O) groups excluding carboxylic acids is 2. The van der Waals surface area contributed by atoms with Crippen molar-refractivity contribution in [2.75, 3.05) is 6.54 Å². The number of nitrogens with one attached hydrogen (secondary N) is 1. The summed E-state index contributed by atoms with van der Waals surface area (Å²) in [6, 6.07) is 19.7. The van der Waals surface area contributed by atoms with Crippen LogP contribution < -0.4 is 15.7 Å². The second-order valence-corrected chi connectivity index (χ2v) is 12.2. The van der Waals surface area contributed by atoms with E-state index in [0.29, 0.717) is 44.4 Å². The predicted octanol–water partition coefficient (Wildman–Crippen LogP) is 5.84. The summed E-state index contributed by atoms with van der Waals surface area (Å²) < 4.78 is 14.7. The maximum Gasteiger partial charge on any atom is 0.333 e. The van der Waals surface area contributed by atoms with E-state index in [-0.39, 0.29) is 43.0 Å². The van der Waals surface area contributed by atoms with Crippen molar-refractivity contribution >= 4 is 39.3 Å². The molecule has 0 bridgehead atoms. The molecule has 3 heterocycles. The Morgan fingerprint density at radius 1 is 1.07 bits per heavy atom. The van der Waals surface area contributed by atoms with Crippen molar-refractivity contribution in [3.63, 3.8) is 0 Å². The van der Waals surface area contributed by atoms with Gasteiger partial charge in [0.15, 0.2) is 6.39 Å². The Balaban J connectivity index is 1.24. The van der Waals surface area contributed by atoms with Crippen molar-refractivity contribution in [3.05, 3.63) is 122 Å². The lowest BCUT2D eigenvalue weighted by atomic mass is 10.1. The number of ether oxygens (including phenoxy) is 1. The standard InChI is InChI=1S/C33H27BrClN5O5/c34-26-12-5-20(15-27(26)35)32(42)38-13-14-39-29(17-38)30(40(33(39)43)22-6-8-23(9-7-22)45-24-10-11-24)31(41)36-16-21-3-1-2-4-25(21)28-18-44-19-37-28/h1-9,12,15,18-19,24H,10-11,13-14,16-17H2,(H,36,41). The fraction of sp³-hybridized carbons (Fsp3) is 0.212. The van der Waals surface area contributed by atoms with Gasteiger partial charge in [0.05, 0.1) is 29.1 Å². The third-order valence-corrected chi connectivity index (χ3v) is 9.17. The second kappa shape index (κ2) is 12.1. The Morgan fingerprint density at radius 2 is 1.87 bits per heavy atom. The van der Waals surface area contributed by atoms with Crippen molar-refractivity contribution in [3.8, 4) is 22.7 Å². The number of rotatable bonds is 8. The molecule has 0 spiro atoms.